The molecule has 1 fully saturated rings. The average molecular weight is 418 g/mol. The van der Waals surface area contributed by atoms with Gasteiger partial charge in [-0.2, -0.15) is 10.2 Å². The fourth-order valence-electron chi connectivity index (χ4n) is 4.83. The number of aryl methyl sites for hydroxylation is 2. The van der Waals surface area contributed by atoms with Crippen LogP contribution in [0.2, 0.25) is 0 Å². The van der Waals surface area contributed by atoms with Crippen LogP contribution in [0.5, 0.6) is 0 Å². The molecule has 160 valence electrons. The zero-order valence-electron chi connectivity index (χ0n) is 17.9. The Morgan fingerprint density at radius 1 is 1.26 bits per heavy atom. The second-order valence-electron chi connectivity index (χ2n) is 8.47. The number of hydrogen-bond donors (Lipinski definition) is 2. The number of fused-ring (bicyclic) bond motifs is 2. The number of nitrogens with zero attached hydrogens (tertiary/aromatic N) is 5. The molecule has 5 rings (SSSR count). The number of nitrogens with one attached hydrogen (secondary N) is 1. The Morgan fingerprint density at radius 2 is 2.06 bits per heavy atom. The molecule has 0 unspecified atom stereocenters. The van der Waals surface area contributed by atoms with Gasteiger partial charge < -0.3 is 5.73 Å². The summed E-state index contributed by atoms with van der Waals surface area (Å²) in [4.78, 5) is 17.7. The van der Waals surface area contributed by atoms with Gasteiger partial charge in [-0.3, -0.25) is 14.8 Å². The van der Waals surface area contributed by atoms with Crippen molar-refractivity contribution in [1.82, 2.24) is 29.7 Å². The van der Waals surface area contributed by atoms with Crippen molar-refractivity contribution in [3.8, 4) is 11.1 Å². The molecule has 8 nitrogen and oxygen atoms in total. The first-order valence-corrected chi connectivity index (χ1v) is 10.9. The van der Waals surface area contributed by atoms with Crippen molar-refractivity contribution in [2.45, 2.75) is 39.0 Å². The van der Waals surface area contributed by atoms with Crippen LogP contribution in [0.1, 0.15) is 42.5 Å². The van der Waals surface area contributed by atoms with Crippen molar-refractivity contribution in [1.29, 1.82) is 0 Å². The number of rotatable bonds is 5. The average Bonchev–Trinajstić information content (AvgIpc) is 3.40. The van der Waals surface area contributed by atoms with Crippen molar-refractivity contribution in [3.63, 3.8) is 0 Å². The second kappa shape index (κ2) is 7.77. The van der Waals surface area contributed by atoms with E-state index in [0.29, 0.717) is 12.5 Å². The Labute approximate surface area is 180 Å². The Bertz CT molecular complexity index is 1260. The summed E-state index contributed by atoms with van der Waals surface area (Å²) in [6, 6.07) is 6.68. The molecule has 3 N–H and O–H groups in total. The number of amides is 1. The third-order valence-electron chi connectivity index (χ3n) is 6.42. The number of nitrogens with two attached hydrogens (primary N) is 1. The van der Waals surface area contributed by atoms with E-state index in [9.17, 15) is 4.79 Å². The molecule has 0 atom stereocenters. The number of piperidine rings is 1. The highest BCUT2D eigenvalue weighted by Crippen LogP contribution is 2.35. The van der Waals surface area contributed by atoms with Crippen LogP contribution in [0, 0.1) is 6.92 Å². The van der Waals surface area contributed by atoms with Crippen molar-refractivity contribution < 1.29 is 4.79 Å². The maximum absolute atomic E-state index is 11.2. The number of pyridine rings is 1. The van der Waals surface area contributed by atoms with Crippen LogP contribution < -0.4 is 5.73 Å². The zero-order valence-corrected chi connectivity index (χ0v) is 17.9. The Morgan fingerprint density at radius 3 is 2.81 bits per heavy atom. The maximum Gasteiger partial charge on any atom is 0.231 e. The lowest BCUT2D eigenvalue weighted by molar-refractivity contribution is -0.119. The highest BCUT2D eigenvalue weighted by Gasteiger charge is 2.25. The molecular formula is C23H27N7O. The summed E-state index contributed by atoms with van der Waals surface area (Å²) in [6.45, 7) is 6.34. The first-order chi connectivity index (χ1) is 15.0. The van der Waals surface area contributed by atoms with Crippen LogP contribution in [-0.4, -0.2) is 55.2 Å². The van der Waals surface area contributed by atoms with Crippen molar-refractivity contribution in [2.75, 3.05) is 19.6 Å². The van der Waals surface area contributed by atoms with E-state index in [-0.39, 0.29) is 5.91 Å². The number of carbonyl (C=O) groups is 1. The molecule has 1 aromatic carbocycles. The van der Waals surface area contributed by atoms with Gasteiger partial charge in [-0.25, -0.2) is 9.50 Å². The van der Waals surface area contributed by atoms with Gasteiger partial charge in [-0.15, -0.1) is 0 Å². The summed E-state index contributed by atoms with van der Waals surface area (Å²) < 4.78 is 1.84. The predicted molar refractivity (Wildman–Crippen MR) is 120 cm³/mol. The van der Waals surface area contributed by atoms with Gasteiger partial charge in [-0.05, 0) is 74.2 Å². The number of aromatic amines is 1. The molecule has 0 radical (unpaired) electrons. The molecule has 1 aliphatic heterocycles. The number of likely N-dealkylation sites (tertiary alicyclic amines) is 1. The highest BCUT2D eigenvalue weighted by molar-refractivity contribution is 5.89. The minimum absolute atomic E-state index is 0.261. The summed E-state index contributed by atoms with van der Waals surface area (Å²) in [7, 11) is 0. The van der Waals surface area contributed by atoms with Gasteiger partial charge in [0.15, 0.2) is 5.65 Å². The third-order valence-corrected chi connectivity index (χ3v) is 6.42. The number of aromatic nitrogens is 5. The number of hydrogen-bond acceptors (Lipinski definition) is 5. The number of benzene rings is 1. The van der Waals surface area contributed by atoms with Crippen LogP contribution in [0.15, 0.2) is 30.7 Å². The van der Waals surface area contributed by atoms with Gasteiger partial charge >= 0.3 is 0 Å². The lowest BCUT2D eigenvalue weighted by Crippen LogP contribution is -2.39. The van der Waals surface area contributed by atoms with E-state index >= 15 is 0 Å². The molecule has 0 saturated carbocycles. The van der Waals surface area contributed by atoms with E-state index in [4.69, 9.17) is 10.8 Å². The highest BCUT2D eigenvalue weighted by atomic mass is 16.1. The normalized spacial score (nSPS) is 15.8. The number of primary amides is 1. The molecular weight excluding hydrogens is 390 g/mol. The molecule has 4 heterocycles. The van der Waals surface area contributed by atoms with Crippen molar-refractivity contribution in [3.05, 3.63) is 47.5 Å². The van der Waals surface area contributed by atoms with Crippen LogP contribution in [0.3, 0.4) is 0 Å². The lowest BCUT2D eigenvalue weighted by Gasteiger charge is -2.30. The number of carbonyl (C=O) groups excluding carboxylic acids is 1. The Balaban J connectivity index is 1.50. The Hall–Kier alpha value is -3.26. The molecule has 1 amide bonds. The minimum Gasteiger partial charge on any atom is -0.369 e. The van der Waals surface area contributed by atoms with Gasteiger partial charge in [0.05, 0.1) is 17.8 Å². The van der Waals surface area contributed by atoms with E-state index in [1.807, 2.05) is 10.7 Å². The van der Waals surface area contributed by atoms with Gasteiger partial charge in [0.25, 0.3) is 0 Å². The summed E-state index contributed by atoms with van der Waals surface area (Å²) >= 11 is 0. The fraction of sp³-hybridized carbons (Fsp3) is 0.391. The molecule has 1 saturated heterocycles. The van der Waals surface area contributed by atoms with Gasteiger partial charge in [0.2, 0.25) is 5.91 Å². The standard InChI is InChI=1S/C23H27N7O/c1-3-15-9-19-20(10-18(15)17-8-14(2)23-25-13-26-30(23)11-17)27-28-22(19)16-4-6-29(7-5-16)12-21(24)31/h8-11,13,16H,3-7,12H2,1-2H3,(H2,24,31)(H,27,28). The van der Waals surface area contributed by atoms with Gasteiger partial charge in [-0.1, -0.05) is 6.92 Å². The van der Waals surface area contributed by atoms with E-state index < -0.39 is 0 Å². The van der Waals surface area contributed by atoms with E-state index in [2.05, 4.69) is 52.1 Å². The Kier molecular flexibility index (Phi) is 4.94. The monoisotopic (exact) mass is 417 g/mol. The topological polar surface area (TPSA) is 105 Å². The molecule has 31 heavy (non-hydrogen) atoms. The van der Waals surface area contributed by atoms with E-state index in [1.54, 1.807) is 6.33 Å². The summed E-state index contributed by atoms with van der Waals surface area (Å²) in [6.07, 6.45) is 6.53. The summed E-state index contributed by atoms with van der Waals surface area (Å²) in [5.74, 6) is 0.130. The van der Waals surface area contributed by atoms with Crippen LogP contribution in [-0.2, 0) is 11.2 Å². The fourth-order valence-corrected chi connectivity index (χ4v) is 4.83. The SMILES string of the molecule is CCc1cc2c(C3CCN(CC(N)=O)CC3)n[nH]c2cc1-c1cc(C)c2ncnn2c1. The quantitative estimate of drug-likeness (QED) is 0.519. The van der Waals surface area contributed by atoms with Crippen LogP contribution >= 0.6 is 0 Å². The van der Waals surface area contributed by atoms with Gasteiger partial charge in [0.1, 0.15) is 6.33 Å². The van der Waals surface area contributed by atoms with E-state index in [1.165, 1.54) is 16.5 Å². The largest absolute Gasteiger partial charge is 0.369 e. The predicted octanol–water partition coefficient (Wildman–Crippen LogP) is 2.81. The second-order valence-corrected chi connectivity index (χ2v) is 8.47. The van der Waals surface area contributed by atoms with Crippen molar-refractivity contribution >= 4 is 22.5 Å². The first-order valence-electron chi connectivity index (χ1n) is 10.9. The van der Waals surface area contributed by atoms with Gasteiger partial charge in [0, 0.05) is 23.1 Å². The third kappa shape index (κ3) is 3.57. The maximum atomic E-state index is 11.2. The molecule has 0 aliphatic carbocycles. The molecule has 0 bridgehead atoms. The first kappa shape index (κ1) is 19.7. The smallest absolute Gasteiger partial charge is 0.231 e. The summed E-state index contributed by atoms with van der Waals surface area (Å²) in [5, 5.41) is 13.5. The number of H-pyrrole nitrogens is 1. The minimum atomic E-state index is -0.261. The molecule has 8 heteroatoms. The summed E-state index contributed by atoms with van der Waals surface area (Å²) in [5.41, 5.74) is 13.1. The van der Waals surface area contributed by atoms with Crippen molar-refractivity contribution in [2.24, 2.45) is 5.73 Å². The molecule has 0 spiro atoms. The lowest BCUT2D eigenvalue weighted by atomic mass is 9.89. The van der Waals surface area contributed by atoms with E-state index in [0.717, 1.165) is 60.3 Å². The zero-order chi connectivity index (χ0) is 21.5. The molecule has 1 aliphatic rings. The molecule has 3 aromatic heterocycles. The van der Waals surface area contributed by atoms with Crippen LogP contribution in [0.25, 0.3) is 27.7 Å². The molecule has 4 aromatic rings. The van der Waals surface area contributed by atoms with Crippen LogP contribution in [0.4, 0.5) is 0 Å².